The zero-order valence-electron chi connectivity index (χ0n) is 14.0. The maximum Gasteiger partial charge on any atom is 0.225 e. The Morgan fingerprint density at radius 2 is 1.60 bits per heavy atom. The van der Waals surface area contributed by atoms with Gasteiger partial charge >= 0.3 is 0 Å². The van der Waals surface area contributed by atoms with Gasteiger partial charge in [0.15, 0.2) is 0 Å². The second kappa shape index (κ2) is 7.49. The summed E-state index contributed by atoms with van der Waals surface area (Å²) in [7, 11) is 0. The van der Waals surface area contributed by atoms with Crippen molar-refractivity contribution in [1.29, 1.82) is 0 Å². The highest BCUT2D eigenvalue weighted by Crippen LogP contribution is 2.27. The third-order valence-electron chi connectivity index (χ3n) is 4.81. The Morgan fingerprint density at radius 3 is 2.32 bits per heavy atom. The van der Waals surface area contributed by atoms with Gasteiger partial charge in [-0.05, 0) is 12.8 Å². The predicted molar refractivity (Wildman–Crippen MR) is 96.3 cm³/mol. The second-order valence-corrected chi connectivity index (χ2v) is 6.80. The van der Waals surface area contributed by atoms with Gasteiger partial charge < -0.3 is 14.5 Å². The lowest BCUT2D eigenvalue weighted by Gasteiger charge is -2.35. The van der Waals surface area contributed by atoms with Crippen LogP contribution in [-0.4, -0.2) is 59.3 Å². The van der Waals surface area contributed by atoms with Crippen LogP contribution < -0.4 is 9.80 Å². The van der Waals surface area contributed by atoms with Crippen molar-refractivity contribution >= 4 is 23.4 Å². The Bertz CT molecular complexity index is 699. The maximum atomic E-state index is 5.86. The summed E-state index contributed by atoms with van der Waals surface area (Å²) < 4.78 is 5.45. The summed E-state index contributed by atoms with van der Waals surface area (Å²) in [5, 5.41) is 0.559. The number of nitrogens with zero attached hydrogens (tertiary/aromatic N) is 6. The molecule has 4 heterocycles. The first kappa shape index (κ1) is 16.5. The van der Waals surface area contributed by atoms with Gasteiger partial charge in [0.05, 0.1) is 17.4 Å². The maximum absolute atomic E-state index is 5.86. The van der Waals surface area contributed by atoms with Crippen LogP contribution in [0.15, 0.2) is 24.8 Å². The molecule has 0 spiro atoms. The van der Waals surface area contributed by atoms with Crippen LogP contribution >= 0.6 is 11.6 Å². The highest BCUT2D eigenvalue weighted by Gasteiger charge is 2.22. The lowest BCUT2D eigenvalue weighted by molar-refractivity contribution is 0.0845. The number of piperazine rings is 1. The molecule has 0 radical (unpaired) electrons. The van der Waals surface area contributed by atoms with E-state index in [1.807, 2.05) is 0 Å². The Hall–Kier alpha value is -1.99. The van der Waals surface area contributed by atoms with E-state index in [0.29, 0.717) is 10.9 Å². The third-order valence-corrected chi connectivity index (χ3v) is 5.00. The molecule has 2 aromatic heterocycles. The molecule has 2 aliphatic rings. The monoisotopic (exact) mass is 360 g/mol. The van der Waals surface area contributed by atoms with Crippen LogP contribution in [0, 0.1) is 0 Å². The molecule has 0 amide bonds. The molecule has 0 saturated carbocycles. The lowest BCUT2D eigenvalue weighted by Crippen LogP contribution is -2.47. The summed E-state index contributed by atoms with van der Waals surface area (Å²) in [6.45, 7) is 5.14. The van der Waals surface area contributed by atoms with Gasteiger partial charge in [-0.25, -0.2) is 19.9 Å². The highest BCUT2D eigenvalue weighted by molar-refractivity contribution is 6.30. The molecule has 0 unspecified atom stereocenters. The number of halogens is 1. The zero-order valence-corrected chi connectivity index (χ0v) is 14.8. The van der Waals surface area contributed by atoms with Gasteiger partial charge in [0.25, 0.3) is 0 Å². The minimum atomic E-state index is 0.485. The first-order valence-corrected chi connectivity index (χ1v) is 9.04. The molecule has 0 aromatic carbocycles. The molecule has 132 valence electrons. The Morgan fingerprint density at radius 1 is 0.920 bits per heavy atom. The summed E-state index contributed by atoms with van der Waals surface area (Å²) in [6.07, 6.45) is 7.05. The molecule has 2 aliphatic heterocycles. The van der Waals surface area contributed by atoms with Crippen molar-refractivity contribution in [3.05, 3.63) is 35.5 Å². The third kappa shape index (κ3) is 3.82. The summed E-state index contributed by atoms with van der Waals surface area (Å²) >= 11 is 5.86. The summed E-state index contributed by atoms with van der Waals surface area (Å²) in [5.41, 5.74) is 1.14. The van der Waals surface area contributed by atoms with Crippen molar-refractivity contribution < 1.29 is 4.74 Å². The summed E-state index contributed by atoms with van der Waals surface area (Å²) in [4.78, 5) is 22.1. The van der Waals surface area contributed by atoms with E-state index in [0.717, 1.165) is 69.7 Å². The lowest BCUT2D eigenvalue weighted by atomic mass is 9.96. The molecule has 0 atom stereocenters. The molecule has 25 heavy (non-hydrogen) atoms. The molecule has 2 fully saturated rings. The molecule has 8 heteroatoms. The van der Waals surface area contributed by atoms with Crippen LogP contribution in [0.3, 0.4) is 0 Å². The number of ether oxygens (including phenoxy) is 1. The Labute approximate surface area is 152 Å². The van der Waals surface area contributed by atoms with Crippen LogP contribution in [0.1, 0.15) is 24.5 Å². The molecule has 2 aromatic rings. The summed E-state index contributed by atoms with van der Waals surface area (Å²) in [6, 6.07) is 2.14. The molecule has 7 nitrogen and oxygen atoms in total. The van der Waals surface area contributed by atoms with Crippen LogP contribution in [0.2, 0.25) is 5.02 Å². The topological polar surface area (TPSA) is 67.3 Å². The molecule has 4 rings (SSSR count). The quantitative estimate of drug-likeness (QED) is 0.830. The van der Waals surface area contributed by atoms with Gasteiger partial charge in [0.1, 0.15) is 12.1 Å². The van der Waals surface area contributed by atoms with Gasteiger partial charge in [-0.3, -0.25) is 0 Å². The molecular weight excluding hydrogens is 340 g/mol. The van der Waals surface area contributed by atoms with E-state index >= 15 is 0 Å². The van der Waals surface area contributed by atoms with E-state index in [9.17, 15) is 0 Å². The van der Waals surface area contributed by atoms with Crippen molar-refractivity contribution in [2.75, 3.05) is 49.2 Å². The van der Waals surface area contributed by atoms with Crippen molar-refractivity contribution in [2.45, 2.75) is 18.8 Å². The fourth-order valence-corrected chi connectivity index (χ4v) is 3.45. The van der Waals surface area contributed by atoms with Crippen molar-refractivity contribution in [1.82, 2.24) is 19.9 Å². The van der Waals surface area contributed by atoms with E-state index in [-0.39, 0.29) is 0 Å². The SMILES string of the molecule is Clc1cnc(N2CCN(c3cc(C4CCOCC4)ncn3)CC2)nc1. The van der Waals surface area contributed by atoms with Crippen molar-refractivity contribution in [3.8, 4) is 0 Å². The zero-order chi connectivity index (χ0) is 17.1. The first-order chi connectivity index (χ1) is 12.3. The van der Waals surface area contributed by atoms with Gasteiger partial charge in [-0.15, -0.1) is 0 Å². The fourth-order valence-electron chi connectivity index (χ4n) is 3.36. The van der Waals surface area contributed by atoms with Gasteiger partial charge in [0, 0.05) is 57.1 Å². The van der Waals surface area contributed by atoms with Crippen LogP contribution in [-0.2, 0) is 4.74 Å². The number of aromatic nitrogens is 4. The van der Waals surface area contributed by atoms with Crippen molar-refractivity contribution in [3.63, 3.8) is 0 Å². The van der Waals surface area contributed by atoms with Crippen LogP contribution in [0.5, 0.6) is 0 Å². The Kier molecular flexibility index (Phi) is 4.94. The largest absolute Gasteiger partial charge is 0.381 e. The average Bonchev–Trinajstić information content (AvgIpc) is 2.70. The van der Waals surface area contributed by atoms with Gasteiger partial charge in [-0.1, -0.05) is 11.6 Å². The molecule has 2 saturated heterocycles. The average molecular weight is 361 g/mol. The van der Waals surface area contributed by atoms with E-state index < -0.39 is 0 Å². The number of hydrogen-bond donors (Lipinski definition) is 0. The standard InChI is InChI=1S/C17H21ClN6O/c18-14-10-19-17(20-11-14)24-5-3-23(4-6-24)16-9-15(21-12-22-16)13-1-7-25-8-2-13/h9-13H,1-8H2. The summed E-state index contributed by atoms with van der Waals surface area (Å²) in [5.74, 6) is 2.22. The number of anilines is 2. The molecule has 0 N–H and O–H groups in total. The molecule has 0 bridgehead atoms. The second-order valence-electron chi connectivity index (χ2n) is 6.36. The number of hydrogen-bond acceptors (Lipinski definition) is 7. The minimum absolute atomic E-state index is 0.485. The normalized spacial score (nSPS) is 19.2. The fraction of sp³-hybridized carbons (Fsp3) is 0.529. The van der Waals surface area contributed by atoms with Crippen LogP contribution in [0.4, 0.5) is 11.8 Å². The number of rotatable bonds is 3. The highest BCUT2D eigenvalue weighted by atomic mass is 35.5. The van der Waals surface area contributed by atoms with E-state index in [1.54, 1.807) is 18.7 Å². The first-order valence-electron chi connectivity index (χ1n) is 8.67. The van der Waals surface area contributed by atoms with E-state index in [4.69, 9.17) is 16.3 Å². The van der Waals surface area contributed by atoms with Crippen LogP contribution in [0.25, 0.3) is 0 Å². The smallest absolute Gasteiger partial charge is 0.225 e. The van der Waals surface area contributed by atoms with Gasteiger partial charge in [0.2, 0.25) is 5.95 Å². The van der Waals surface area contributed by atoms with E-state index in [2.05, 4.69) is 35.8 Å². The molecule has 0 aliphatic carbocycles. The van der Waals surface area contributed by atoms with Gasteiger partial charge in [-0.2, -0.15) is 0 Å². The van der Waals surface area contributed by atoms with E-state index in [1.165, 1.54) is 0 Å². The Balaban J connectivity index is 1.41. The predicted octanol–water partition coefficient (Wildman–Crippen LogP) is 2.14. The molecular formula is C17H21ClN6O. The minimum Gasteiger partial charge on any atom is -0.381 e. The van der Waals surface area contributed by atoms with Crippen molar-refractivity contribution in [2.24, 2.45) is 0 Å².